The Morgan fingerprint density at radius 2 is 1.34 bits per heavy atom. The molecule has 3 aromatic carbocycles. The van der Waals surface area contributed by atoms with Gasteiger partial charge in [-0.1, -0.05) is 54.6 Å². The second-order valence-corrected chi connectivity index (χ2v) is 7.96. The van der Waals surface area contributed by atoms with Crippen LogP contribution in [0.5, 0.6) is 0 Å². The van der Waals surface area contributed by atoms with E-state index in [0.717, 1.165) is 32.7 Å². The van der Waals surface area contributed by atoms with Crippen LogP contribution in [0.4, 0.5) is 17.1 Å². The van der Waals surface area contributed by atoms with Gasteiger partial charge in [0.05, 0.1) is 0 Å². The summed E-state index contributed by atoms with van der Waals surface area (Å²) in [7, 11) is 2.21. The molecule has 0 bridgehead atoms. The lowest BCUT2D eigenvalue weighted by Crippen LogP contribution is -2.44. The predicted octanol–water partition coefficient (Wildman–Crippen LogP) is 5.13. The molecule has 1 saturated heterocycles. The fourth-order valence-electron chi connectivity index (χ4n) is 4.42. The summed E-state index contributed by atoms with van der Waals surface area (Å²) in [5.74, 6) is 0. The topological polar surface area (TPSA) is 9.72 Å². The number of fused-ring (bicyclic) bond motifs is 1. The van der Waals surface area contributed by atoms with E-state index in [0.29, 0.717) is 0 Å². The number of para-hydroxylation sites is 3. The molecule has 29 heavy (non-hydrogen) atoms. The Morgan fingerprint density at radius 3 is 2.14 bits per heavy atom. The number of nitrogens with zero attached hydrogens (tertiary/aromatic N) is 3. The van der Waals surface area contributed by atoms with Crippen LogP contribution in [0.1, 0.15) is 11.1 Å². The van der Waals surface area contributed by atoms with Crippen LogP contribution in [0.25, 0.3) is 11.6 Å². The van der Waals surface area contributed by atoms with Crippen molar-refractivity contribution in [2.75, 3.05) is 49.6 Å². The van der Waals surface area contributed by atoms with Gasteiger partial charge in [0.15, 0.2) is 0 Å². The van der Waals surface area contributed by atoms with Gasteiger partial charge in [0.25, 0.3) is 0 Å². The Kier molecular flexibility index (Phi) is 4.82. The number of hydrogen-bond donors (Lipinski definition) is 0. The smallest absolute Gasteiger partial charge is 0.0491 e. The van der Waals surface area contributed by atoms with E-state index in [4.69, 9.17) is 0 Å². The third-order valence-electron chi connectivity index (χ3n) is 6.05. The fourth-order valence-corrected chi connectivity index (χ4v) is 4.42. The highest BCUT2D eigenvalue weighted by Gasteiger charge is 2.25. The SMILES string of the molecule is CN1CCN(c2ccccc2C=C2CN(c3ccccc3)c3ccccc32)CC1. The van der Waals surface area contributed by atoms with Gasteiger partial charge in [-0.2, -0.15) is 0 Å². The minimum absolute atomic E-state index is 0.903. The van der Waals surface area contributed by atoms with Gasteiger partial charge in [-0.15, -0.1) is 0 Å². The minimum Gasteiger partial charge on any atom is -0.368 e. The Labute approximate surface area is 173 Å². The van der Waals surface area contributed by atoms with Crippen LogP contribution in [0.3, 0.4) is 0 Å². The second kappa shape index (κ2) is 7.76. The molecule has 0 unspecified atom stereocenters. The van der Waals surface area contributed by atoms with Crippen molar-refractivity contribution < 1.29 is 0 Å². The average Bonchev–Trinajstić information content (AvgIpc) is 3.14. The zero-order valence-electron chi connectivity index (χ0n) is 17.0. The first-order valence-corrected chi connectivity index (χ1v) is 10.4. The maximum Gasteiger partial charge on any atom is 0.0491 e. The van der Waals surface area contributed by atoms with E-state index in [9.17, 15) is 0 Å². The third-order valence-corrected chi connectivity index (χ3v) is 6.05. The third kappa shape index (κ3) is 3.54. The van der Waals surface area contributed by atoms with Crippen molar-refractivity contribution in [3.8, 4) is 0 Å². The van der Waals surface area contributed by atoms with Crippen LogP contribution in [0.2, 0.25) is 0 Å². The number of anilines is 3. The average molecular weight is 382 g/mol. The normalized spacial score (nSPS) is 18.3. The molecule has 0 aliphatic carbocycles. The molecule has 2 heterocycles. The Balaban J connectivity index is 1.52. The van der Waals surface area contributed by atoms with Crippen molar-refractivity contribution >= 4 is 28.7 Å². The van der Waals surface area contributed by atoms with Crippen LogP contribution in [0.15, 0.2) is 78.9 Å². The quantitative estimate of drug-likeness (QED) is 0.623. The van der Waals surface area contributed by atoms with Crippen molar-refractivity contribution in [3.05, 3.63) is 90.0 Å². The molecule has 3 nitrogen and oxygen atoms in total. The molecule has 0 atom stereocenters. The highest BCUT2D eigenvalue weighted by molar-refractivity contribution is 5.97. The molecule has 2 aliphatic rings. The summed E-state index contributed by atoms with van der Waals surface area (Å²) < 4.78 is 0. The highest BCUT2D eigenvalue weighted by Crippen LogP contribution is 2.41. The van der Waals surface area contributed by atoms with E-state index < -0.39 is 0 Å². The van der Waals surface area contributed by atoms with Crippen LogP contribution < -0.4 is 9.80 Å². The monoisotopic (exact) mass is 381 g/mol. The van der Waals surface area contributed by atoms with Crippen molar-refractivity contribution in [2.45, 2.75) is 0 Å². The molecular weight excluding hydrogens is 354 g/mol. The fraction of sp³-hybridized carbons (Fsp3) is 0.231. The van der Waals surface area contributed by atoms with Crippen LogP contribution in [-0.2, 0) is 0 Å². The molecule has 0 N–H and O–H groups in total. The maximum absolute atomic E-state index is 2.53. The molecule has 146 valence electrons. The number of piperazine rings is 1. The van der Waals surface area contributed by atoms with Gasteiger partial charge < -0.3 is 14.7 Å². The second-order valence-electron chi connectivity index (χ2n) is 7.96. The molecule has 3 heteroatoms. The van der Waals surface area contributed by atoms with Crippen LogP contribution >= 0.6 is 0 Å². The summed E-state index contributed by atoms with van der Waals surface area (Å²) in [6.07, 6.45) is 2.40. The molecule has 0 spiro atoms. The van der Waals surface area contributed by atoms with E-state index in [1.165, 1.54) is 33.8 Å². The summed E-state index contributed by atoms with van der Waals surface area (Å²) in [6.45, 7) is 5.32. The Morgan fingerprint density at radius 1 is 0.690 bits per heavy atom. The van der Waals surface area contributed by atoms with Crippen LogP contribution in [0, 0.1) is 0 Å². The number of hydrogen-bond acceptors (Lipinski definition) is 3. The molecule has 2 aliphatic heterocycles. The van der Waals surface area contributed by atoms with Gasteiger partial charge >= 0.3 is 0 Å². The summed E-state index contributed by atoms with van der Waals surface area (Å²) in [6, 6.07) is 28.3. The summed E-state index contributed by atoms with van der Waals surface area (Å²) >= 11 is 0. The van der Waals surface area contributed by atoms with Crippen molar-refractivity contribution in [1.82, 2.24) is 4.90 Å². The first kappa shape index (κ1) is 18.0. The van der Waals surface area contributed by atoms with Gasteiger partial charge in [-0.05, 0) is 48.5 Å². The molecule has 0 radical (unpaired) electrons. The van der Waals surface area contributed by atoms with Gasteiger partial charge in [-0.3, -0.25) is 0 Å². The maximum atomic E-state index is 2.53. The Bertz CT molecular complexity index is 1020. The molecule has 1 fully saturated rings. The first-order valence-electron chi connectivity index (χ1n) is 10.4. The van der Waals surface area contributed by atoms with E-state index >= 15 is 0 Å². The van der Waals surface area contributed by atoms with E-state index in [1.54, 1.807) is 0 Å². The zero-order chi connectivity index (χ0) is 19.6. The summed E-state index contributed by atoms with van der Waals surface area (Å²) in [4.78, 5) is 7.35. The number of benzene rings is 3. The molecule has 5 rings (SSSR count). The van der Waals surface area contributed by atoms with Gasteiger partial charge in [0.2, 0.25) is 0 Å². The highest BCUT2D eigenvalue weighted by atomic mass is 15.2. The van der Waals surface area contributed by atoms with Crippen molar-refractivity contribution in [2.24, 2.45) is 0 Å². The van der Waals surface area contributed by atoms with Crippen molar-refractivity contribution in [3.63, 3.8) is 0 Å². The van der Waals surface area contributed by atoms with E-state index in [1.807, 2.05) is 0 Å². The van der Waals surface area contributed by atoms with Crippen LogP contribution in [-0.4, -0.2) is 44.7 Å². The predicted molar refractivity (Wildman–Crippen MR) is 124 cm³/mol. The van der Waals surface area contributed by atoms with Gasteiger partial charge in [0, 0.05) is 55.3 Å². The minimum atomic E-state index is 0.903. The number of likely N-dealkylation sites (N-methyl/N-ethyl adjacent to an activating group) is 1. The zero-order valence-corrected chi connectivity index (χ0v) is 17.0. The Hall–Kier alpha value is -3.04. The lowest BCUT2D eigenvalue weighted by atomic mass is 10.0. The molecule has 3 aromatic rings. The van der Waals surface area contributed by atoms with E-state index in [2.05, 4.69) is 107 Å². The molecule has 0 saturated carbocycles. The van der Waals surface area contributed by atoms with Gasteiger partial charge in [-0.25, -0.2) is 0 Å². The lowest BCUT2D eigenvalue weighted by molar-refractivity contribution is 0.313. The van der Waals surface area contributed by atoms with Crippen molar-refractivity contribution in [1.29, 1.82) is 0 Å². The largest absolute Gasteiger partial charge is 0.368 e. The number of rotatable bonds is 3. The summed E-state index contributed by atoms with van der Waals surface area (Å²) in [5, 5.41) is 0. The van der Waals surface area contributed by atoms with Gasteiger partial charge in [0.1, 0.15) is 0 Å². The summed E-state index contributed by atoms with van der Waals surface area (Å²) in [5.41, 5.74) is 7.92. The van der Waals surface area contributed by atoms with E-state index in [-0.39, 0.29) is 0 Å². The molecule has 0 amide bonds. The lowest BCUT2D eigenvalue weighted by Gasteiger charge is -2.35. The molecular formula is C26H27N3. The molecule has 0 aromatic heterocycles. The standard InChI is InChI=1S/C26H27N3/c1-27-15-17-28(18-16-27)25-13-7-5-9-21(25)19-22-20-29(23-10-3-2-4-11-23)26-14-8-6-12-24(22)26/h2-14,19H,15-18,20H2,1H3. The first-order chi connectivity index (χ1) is 14.3.